The summed E-state index contributed by atoms with van der Waals surface area (Å²) in [6.07, 6.45) is 1.77. The molecule has 0 spiro atoms. The predicted molar refractivity (Wildman–Crippen MR) is 73.1 cm³/mol. The second-order valence-electron chi connectivity index (χ2n) is 5.13. The van der Waals surface area contributed by atoms with E-state index in [2.05, 4.69) is 34.3 Å². The van der Waals surface area contributed by atoms with Crippen LogP contribution in [0, 0.1) is 0 Å². The fourth-order valence-electron chi connectivity index (χ4n) is 2.81. The van der Waals surface area contributed by atoms with Crippen LogP contribution in [0.15, 0.2) is 41.1 Å². The third-order valence-corrected chi connectivity index (χ3v) is 3.82. The second-order valence-corrected chi connectivity index (χ2v) is 5.13. The Bertz CT molecular complexity index is 695. The summed E-state index contributed by atoms with van der Waals surface area (Å²) in [5.74, 6) is 1.39. The average Bonchev–Trinajstić information content (AvgIpc) is 3.05. The van der Waals surface area contributed by atoms with E-state index in [1.807, 2.05) is 18.2 Å². The van der Waals surface area contributed by atoms with E-state index in [-0.39, 0.29) is 6.04 Å². The molecule has 0 radical (unpaired) electrons. The molecule has 2 aromatic heterocycles. The number of H-pyrrole nitrogens is 1. The van der Waals surface area contributed by atoms with Crippen molar-refractivity contribution in [2.45, 2.75) is 18.9 Å². The molecule has 1 aliphatic rings. The minimum absolute atomic E-state index is 0.0462. The minimum atomic E-state index is 0.0462. The van der Waals surface area contributed by atoms with Gasteiger partial charge in [-0.1, -0.05) is 25.1 Å². The molecule has 2 atom stereocenters. The largest absolute Gasteiger partial charge is 0.459 e. The molecule has 0 bridgehead atoms. The van der Waals surface area contributed by atoms with Crippen molar-refractivity contribution in [3.8, 4) is 0 Å². The fourth-order valence-corrected chi connectivity index (χ4v) is 2.81. The number of hydrogen-bond acceptors (Lipinski definition) is 3. The predicted octanol–water partition coefficient (Wildman–Crippen LogP) is 2.95. The highest BCUT2D eigenvalue weighted by Gasteiger charge is 2.30. The monoisotopic (exact) mass is 253 g/mol. The quantitative estimate of drug-likeness (QED) is 0.701. The van der Waals surface area contributed by atoms with Gasteiger partial charge in [0.2, 0.25) is 0 Å². The van der Waals surface area contributed by atoms with E-state index >= 15 is 0 Å². The molecule has 0 saturated heterocycles. The molecule has 0 fully saturated rings. The Morgan fingerprint density at radius 3 is 3.11 bits per heavy atom. The molecule has 4 heteroatoms. The molecule has 0 saturated carbocycles. The van der Waals surface area contributed by atoms with Crippen LogP contribution < -0.4 is 5.32 Å². The van der Waals surface area contributed by atoms with Crippen LogP contribution in [-0.2, 0) is 0 Å². The number of para-hydroxylation sites is 1. The normalized spacial score (nSPS) is 22.6. The highest BCUT2D eigenvalue weighted by Crippen LogP contribution is 2.33. The van der Waals surface area contributed by atoms with E-state index in [4.69, 9.17) is 4.42 Å². The van der Waals surface area contributed by atoms with Gasteiger partial charge in [0, 0.05) is 23.5 Å². The smallest absolute Gasteiger partial charge is 0.134 e. The van der Waals surface area contributed by atoms with Crippen molar-refractivity contribution in [2.24, 2.45) is 0 Å². The lowest BCUT2D eigenvalue weighted by Gasteiger charge is -2.25. The third-order valence-electron chi connectivity index (χ3n) is 3.82. The van der Waals surface area contributed by atoms with Gasteiger partial charge in [-0.25, -0.2) is 4.98 Å². The number of nitrogens with zero attached hydrogens (tertiary/aromatic N) is 1. The minimum Gasteiger partial charge on any atom is -0.459 e. The zero-order valence-electron chi connectivity index (χ0n) is 10.7. The number of furan rings is 1. The van der Waals surface area contributed by atoms with E-state index in [0.717, 1.165) is 29.0 Å². The van der Waals surface area contributed by atoms with Crippen LogP contribution in [0.2, 0.25) is 0 Å². The van der Waals surface area contributed by atoms with E-state index in [1.54, 1.807) is 6.33 Å². The van der Waals surface area contributed by atoms with Gasteiger partial charge in [0.15, 0.2) is 0 Å². The molecule has 2 N–H and O–H groups in total. The van der Waals surface area contributed by atoms with Crippen molar-refractivity contribution in [1.29, 1.82) is 0 Å². The molecular weight excluding hydrogens is 238 g/mol. The molecule has 4 rings (SSSR count). The van der Waals surface area contributed by atoms with E-state index in [9.17, 15) is 0 Å². The molecular formula is C15H15N3O. The Kier molecular flexibility index (Phi) is 2.26. The van der Waals surface area contributed by atoms with Gasteiger partial charge in [-0.2, -0.15) is 0 Å². The number of nitrogens with one attached hydrogen (secondary N) is 2. The number of aromatic nitrogens is 2. The molecule has 19 heavy (non-hydrogen) atoms. The standard InChI is InChI=1S/C15H15N3O/c1-9-7-16-14(15-13(9)17-8-18-15)12-6-10-4-2-3-5-11(10)19-12/h2-6,8-9,14,16H,7H2,1H3,(H,17,18)/t9-,14-/m0/s1. The molecule has 0 aliphatic carbocycles. The fraction of sp³-hybridized carbons (Fsp3) is 0.267. The number of hydrogen-bond donors (Lipinski definition) is 2. The molecule has 0 unspecified atom stereocenters. The highest BCUT2D eigenvalue weighted by atomic mass is 16.3. The van der Waals surface area contributed by atoms with Gasteiger partial charge in [0.1, 0.15) is 17.4 Å². The number of benzene rings is 1. The highest BCUT2D eigenvalue weighted by molar-refractivity contribution is 5.78. The van der Waals surface area contributed by atoms with Gasteiger partial charge in [0.05, 0.1) is 12.0 Å². The average molecular weight is 253 g/mol. The van der Waals surface area contributed by atoms with Crippen LogP contribution in [0.25, 0.3) is 11.0 Å². The van der Waals surface area contributed by atoms with Crippen molar-refractivity contribution in [2.75, 3.05) is 6.54 Å². The van der Waals surface area contributed by atoms with Gasteiger partial charge < -0.3 is 14.7 Å². The molecule has 0 amide bonds. The van der Waals surface area contributed by atoms with Crippen LogP contribution in [-0.4, -0.2) is 16.5 Å². The lowest BCUT2D eigenvalue weighted by Crippen LogP contribution is -2.32. The van der Waals surface area contributed by atoms with Gasteiger partial charge >= 0.3 is 0 Å². The summed E-state index contributed by atoms with van der Waals surface area (Å²) in [5.41, 5.74) is 3.19. The Morgan fingerprint density at radius 2 is 2.21 bits per heavy atom. The molecule has 3 heterocycles. The van der Waals surface area contributed by atoms with Gasteiger partial charge in [-0.15, -0.1) is 0 Å². The van der Waals surface area contributed by atoms with E-state index in [0.29, 0.717) is 5.92 Å². The first-order valence-corrected chi connectivity index (χ1v) is 6.58. The summed E-state index contributed by atoms with van der Waals surface area (Å²) in [5, 5.41) is 4.65. The number of fused-ring (bicyclic) bond motifs is 2. The lowest BCUT2D eigenvalue weighted by molar-refractivity contribution is 0.429. The maximum absolute atomic E-state index is 5.95. The zero-order valence-corrected chi connectivity index (χ0v) is 10.7. The van der Waals surface area contributed by atoms with Gasteiger partial charge in [-0.05, 0) is 12.1 Å². The SMILES string of the molecule is C[C@H]1CN[C@@H](c2cc3ccccc3o2)c2nc[nH]c21. The van der Waals surface area contributed by atoms with E-state index in [1.165, 1.54) is 5.69 Å². The Hall–Kier alpha value is -2.07. The van der Waals surface area contributed by atoms with Crippen molar-refractivity contribution >= 4 is 11.0 Å². The molecule has 96 valence electrons. The van der Waals surface area contributed by atoms with Crippen molar-refractivity contribution < 1.29 is 4.42 Å². The van der Waals surface area contributed by atoms with Crippen LogP contribution in [0.4, 0.5) is 0 Å². The Morgan fingerprint density at radius 1 is 1.32 bits per heavy atom. The van der Waals surface area contributed by atoms with Crippen molar-refractivity contribution in [1.82, 2.24) is 15.3 Å². The lowest BCUT2D eigenvalue weighted by atomic mass is 9.96. The van der Waals surface area contributed by atoms with Crippen molar-refractivity contribution in [3.05, 3.63) is 53.8 Å². The van der Waals surface area contributed by atoms with Gasteiger partial charge in [0.25, 0.3) is 0 Å². The summed E-state index contributed by atoms with van der Waals surface area (Å²) >= 11 is 0. The molecule has 1 aliphatic heterocycles. The molecule has 1 aromatic carbocycles. The Labute approximate surface area is 110 Å². The summed E-state index contributed by atoms with van der Waals surface area (Å²) in [6, 6.07) is 10.2. The maximum atomic E-state index is 5.95. The molecule has 3 aromatic rings. The number of imidazole rings is 1. The summed E-state index contributed by atoms with van der Waals surface area (Å²) < 4.78 is 5.95. The third kappa shape index (κ3) is 1.60. The first-order chi connectivity index (χ1) is 9.33. The topological polar surface area (TPSA) is 53.9 Å². The van der Waals surface area contributed by atoms with Crippen LogP contribution in [0.5, 0.6) is 0 Å². The summed E-state index contributed by atoms with van der Waals surface area (Å²) in [4.78, 5) is 7.71. The number of aromatic amines is 1. The first-order valence-electron chi connectivity index (χ1n) is 6.58. The van der Waals surface area contributed by atoms with Crippen molar-refractivity contribution in [3.63, 3.8) is 0 Å². The van der Waals surface area contributed by atoms with Crippen LogP contribution in [0.1, 0.15) is 36.0 Å². The van der Waals surface area contributed by atoms with Crippen LogP contribution in [0.3, 0.4) is 0 Å². The maximum Gasteiger partial charge on any atom is 0.134 e. The number of rotatable bonds is 1. The molecule has 4 nitrogen and oxygen atoms in total. The Balaban J connectivity index is 1.83. The zero-order chi connectivity index (χ0) is 12.8. The van der Waals surface area contributed by atoms with Gasteiger partial charge in [-0.3, -0.25) is 0 Å². The summed E-state index contributed by atoms with van der Waals surface area (Å²) in [6.45, 7) is 3.12. The summed E-state index contributed by atoms with van der Waals surface area (Å²) in [7, 11) is 0. The first kappa shape index (κ1) is 10.8. The van der Waals surface area contributed by atoms with E-state index < -0.39 is 0 Å². The van der Waals surface area contributed by atoms with Crippen LogP contribution >= 0.6 is 0 Å². The second kappa shape index (κ2) is 3.96.